The summed E-state index contributed by atoms with van der Waals surface area (Å²) in [6.45, 7) is 0. The number of H-pyrrole nitrogens is 1. The van der Waals surface area contributed by atoms with E-state index in [4.69, 9.17) is 0 Å². The molecule has 0 fully saturated rings. The van der Waals surface area contributed by atoms with Crippen LogP contribution in [0.2, 0.25) is 0 Å². The molecule has 0 radical (unpaired) electrons. The summed E-state index contributed by atoms with van der Waals surface area (Å²) in [5.41, 5.74) is 3.22. The van der Waals surface area contributed by atoms with Crippen LogP contribution in [0.15, 0.2) is 0 Å². The highest BCUT2D eigenvalue weighted by Crippen LogP contribution is 2.12. The lowest BCUT2D eigenvalue weighted by molar-refractivity contribution is -0.449. The normalized spacial score (nSPS) is 9.23. The summed E-state index contributed by atoms with van der Waals surface area (Å²) < 4.78 is 0. The second-order valence-electron chi connectivity index (χ2n) is 1.76. The van der Waals surface area contributed by atoms with Crippen LogP contribution in [0.5, 0.6) is 0 Å². The maximum atomic E-state index is 9.92. The SMILES string of the molecule is O=[N+]([O-])Nc1n[nH]nc1N[N+](=O)[O-]. The van der Waals surface area contributed by atoms with Gasteiger partial charge in [-0.1, -0.05) is 10.9 Å². The van der Waals surface area contributed by atoms with Crippen molar-refractivity contribution in [3.05, 3.63) is 20.2 Å². The largest absolute Gasteiger partial charge is 0.261 e. The van der Waals surface area contributed by atoms with Gasteiger partial charge < -0.3 is 0 Å². The van der Waals surface area contributed by atoms with Gasteiger partial charge in [0.2, 0.25) is 0 Å². The quantitative estimate of drug-likeness (QED) is 0.403. The van der Waals surface area contributed by atoms with Gasteiger partial charge in [0.25, 0.3) is 11.6 Å². The van der Waals surface area contributed by atoms with Gasteiger partial charge in [-0.25, -0.2) is 20.2 Å². The molecular formula is C2H3N7O4. The van der Waals surface area contributed by atoms with Gasteiger partial charge in [0.15, 0.2) is 10.1 Å². The minimum Gasteiger partial charge on any atom is -0.234 e. The Kier molecular flexibility index (Phi) is 2.19. The van der Waals surface area contributed by atoms with Crippen molar-refractivity contribution in [3.63, 3.8) is 0 Å². The van der Waals surface area contributed by atoms with Gasteiger partial charge in [-0.15, -0.1) is 10.2 Å². The molecule has 0 aliphatic heterocycles. The van der Waals surface area contributed by atoms with Gasteiger partial charge in [-0.3, -0.25) is 0 Å². The first kappa shape index (κ1) is 8.63. The first-order chi connectivity index (χ1) is 6.09. The molecule has 1 heterocycles. The Morgan fingerprint density at radius 2 is 1.46 bits per heavy atom. The maximum absolute atomic E-state index is 9.92. The summed E-state index contributed by atoms with van der Waals surface area (Å²) in [6.07, 6.45) is 0. The number of nitrogens with zero attached hydrogens (tertiary/aromatic N) is 4. The highest BCUT2D eigenvalue weighted by molar-refractivity contribution is 5.54. The highest BCUT2D eigenvalue weighted by Gasteiger charge is 2.15. The average Bonchev–Trinajstić information content (AvgIpc) is 2.34. The molecule has 1 aromatic rings. The highest BCUT2D eigenvalue weighted by atomic mass is 16.7. The third kappa shape index (κ3) is 2.25. The van der Waals surface area contributed by atoms with Crippen LogP contribution >= 0.6 is 0 Å². The molecule has 0 bridgehead atoms. The van der Waals surface area contributed by atoms with Crippen molar-refractivity contribution in [2.45, 2.75) is 0 Å². The minimum atomic E-state index is -0.914. The summed E-state index contributed by atoms with van der Waals surface area (Å²) in [5, 5.41) is 26.5. The first-order valence-corrected chi connectivity index (χ1v) is 2.82. The summed E-state index contributed by atoms with van der Waals surface area (Å²) in [5.74, 6) is -0.719. The maximum Gasteiger partial charge on any atom is 0.261 e. The van der Waals surface area contributed by atoms with Gasteiger partial charge in [0.05, 0.1) is 0 Å². The molecule has 13 heavy (non-hydrogen) atoms. The van der Waals surface area contributed by atoms with Crippen LogP contribution in [0, 0.1) is 20.2 Å². The topological polar surface area (TPSA) is 152 Å². The van der Waals surface area contributed by atoms with Crippen molar-refractivity contribution in [1.29, 1.82) is 0 Å². The molecule has 0 aliphatic carbocycles. The average molecular weight is 189 g/mol. The van der Waals surface area contributed by atoms with E-state index in [0.717, 1.165) is 0 Å². The molecule has 11 nitrogen and oxygen atoms in total. The zero-order valence-corrected chi connectivity index (χ0v) is 5.92. The Bertz CT molecular complexity index is 300. The van der Waals surface area contributed by atoms with E-state index in [9.17, 15) is 20.2 Å². The summed E-state index contributed by atoms with van der Waals surface area (Å²) >= 11 is 0. The number of hydrazine groups is 2. The Labute approximate surface area is 69.4 Å². The van der Waals surface area contributed by atoms with Crippen molar-refractivity contribution in [2.24, 2.45) is 0 Å². The monoisotopic (exact) mass is 189 g/mol. The molecule has 1 aromatic heterocycles. The molecule has 70 valence electrons. The molecule has 0 saturated heterocycles. The summed E-state index contributed by atoms with van der Waals surface area (Å²) in [7, 11) is 0. The molecule has 0 amide bonds. The van der Waals surface area contributed by atoms with Crippen LogP contribution in [-0.4, -0.2) is 25.5 Å². The van der Waals surface area contributed by atoms with Crippen LogP contribution in [0.4, 0.5) is 11.6 Å². The first-order valence-electron chi connectivity index (χ1n) is 2.82. The van der Waals surface area contributed by atoms with Crippen LogP contribution in [0.3, 0.4) is 0 Å². The zero-order valence-electron chi connectivity index (χ0n) is 5.92. The second-order valence-corrected chi connectivity index (χ2v) is 1.76. The van der Waals surface area contributed by atoms with Crippen molar-refractivity contribution < 1.29 is 10.1 Å². The number of hydrogen-bond donors (Lipinski definition) is 3. The van der Waals surface area contributed by atoms with Crippen LogP contribution < -0.4 is 10.9 Å². The van der Waals surface area contributed by atoms with E-state index in [-0.39, 0.29) is 11.6 Å². The number of rotatable bonds is 4. The van der Waals surface area contributed by atoms with Gasteiger partial charge in [-0.05, 0) is 0 Å². The Morgan fingerprint density at radius 3 is 1.77 bits per heavy atom. The molecule has 0 aliphatic rings. The van der Waals surface area contributed by atoms with E-state index in [2.05, 4.69) is 10.2 Å². The van der Waals surface area contributed by atoms with Crippen molar-refractivity contribution >= 4 is 11.6 Å². The fourth-order valence-corrected chi connectivity index (χ4v) is 0.560. The van der Waals surface area contributed by atoms with Gasteiger partial charge in [-0.2, -0.15) is 5.21 Å². The van der Waals surface area contributed by atoms with Crippen molar-refractivity contribution in [2.75, 3.05) is 10.9 Å². The van der Waals surface area contributed by atoms with E-state index >= 15 is 0 Å². The number of aromatic nitrogens is 3. The molecule has 1 rings (SSSR count). The molecule has 0 unspecified atom stereocenters. The lowest BCUT2D eigenvalue weighted by atomic mass is 10.7. The molecular weight excluding hydrogens is 186 g/mol. The number of nitrogens with one attached hydrogen (secondary N) is 3. The zero-order chi connectivity index (χ0) is 9.84. The Hall–Kier alpha value is -2.46. The summed E-state index contributed by atoms with van der Waals surface area (Å²) in [6, 6.07) is 0. The van der Waals surface area contributed by atoms with E-state index in [1.165, 1.54) is 0 Å². The third-order valence-corrected chi connectivity index (χ3v) is 0.942. The number of nitro groups is 2. The molecule has 0 aromatic carbocycles. The lowest BCUT2D eigenvalue weighted by Gasteiger charge is -1.92. The minimum absolute atomic E-state index is 0.360. The van der Waals surface area contributed by atoms with Crippen molar-refractivity contribution in [3.8, 4) is 0 Å². The van der Waals surface area contributed by atoms with Crippen molar-refractivity contribution in [1.82, 2.24) is 15.4 Å². The van der Waals surface area contributed by atoms with Gasteiger partial charge in [0.1, 0.15) is 0 Å². The van der Waals surface area contributed by atoms with Crippen LogP contribution in [0.1, 0.15) is 0 Å². The van der Waals surface area contributed by atoms with E-state index in [1.54, 1.807) is 10.9 Å². The fraction of sp³-hybridized carbons (Fsp3) is 0. The van der Waals surface area contributed by atoms with Crippen LogP contribution in [0.25, 0.3) is 0 Å². The molecule has 0 saturated carbocycles. The number of hydrogen-bond acceptors (Lipinski definition) is 6. The third-order valence-electron chi connectivity index (χ3n) is 0.942. The second kappa shape index (κ2) is 3.29. The molecule has 0 spiro atoms. The van der Waals surface area contributed by atoms with Crippen LogP contribution in [-0.2, 0) is 0 Å². The standard InChI is InChI=1S/C2H3N7O4/c10-8(11)5-1-2(4-7-3-1)6-9(12)13/h(H3,3,4,5,6,7). The fourth-order valence-electron chi connectivity index (χ4n) is 0.560. The Morgan fingerprint density at radius 1 is 1.08 bits per heavy atom. The van der Waals surface area contributed by atoms with Gasteiger partial charge in [0, 0.05) is 0 Å². The van der Waals surface area contributed by atoms with E-state index < -0.39 is 10.1 Å². The summed E-state index contributed by atoms with van der Waals surface area (Å²) in [4.78, 5) is 19.8. The van der Waals surface area contributed by atoms with E-state index in [0.29, 0.717) is 0 Å². The predicted molar refractivity (Wildman–Crippen MR) is 37.6 cm³/mol. The number of anilines is 2. The molecule has 11 heteroatoms. The lowest BCUT2D eigenvalue weighted by Crippen LogP contribution is -2.13. The number of aromatic amines is 1. The predicted octanol–water partition coefficient (Wildman–Crippen LogP) is -0.988. The van der Waals surface area contributed by atoms with Gasteiger partial charge >= 0.3 is 0 Å². The molecule has 0 atom stereocenters. The smallest absolute Gasteiger partial charge is 0.234 e. The molecule has 3 N–H and O–H groups in total. The Balaban J connectivity index is 2.76. The van der Waals surface area contributed by atoms with E-state index in [1.807, 2.05) is 5.21 Å².